The summed E-state index contributed by atoms with van der Waals surface area (Å²) in [7, 11) is 1.52. The molecule has 0 aliphatic heterocycles. The van der Waals surface area contributed by atoms with Crippen molar-refractivity contribution in [2.45, 2.75) is 6.54 Å². The van der Waals surface area contributed by atoms with E-state index in [1.165, 1.54) is 19.6 Å². The number of para-hydroxylation sites is 1. The average molecular weight is 275 g/mol. The highest BCUT2D eigenvalue weighted by molar-refractivity contribution is 5.89. The Bertz CT molecular complexity index is 638. The highest BCUT2D eigenvalue weighted by Crippen LogP contribution is 2.17. The molecule has 2 aromatic rings. The zero-order chi connectivity index (χ0) is 14.5. The molecule has 8 nitrogen and oxygen atoms in total. The Kier molecular flexibility index (Phi) is 3.94. The maximum Gasteiger partial charge on any atom is 0.381 e. The summed E-state index contributed by atoms with van der Waals surface area (Å²) in [5, 5.41) is 15.7. The number of amides is 2. The van der Waals surface area contributed by atoms with Gasteiger partial charge in [0.1, 0.15) is 6.20 Å². The molecule has 2 rings (SSSR count). The molecule has 0 saturated heterocycles. The minimum atomic E-state index is -0.550. The number of hydrogen-bond acceptors (Lipinski definition) is 4. The highest BCUT2D eigenvalue weighted by Gasteiger charge is 2.11. The first-order chi connectivity index (χ1) is 9.60. The Balaban J connectivity index is 2.19. The molecule has 1 aromatic heterocycles. The predicted octanol–water partition coefficient (Wildman–Crippen LogP) is 1.59. The highest BCUT2D eigenvalue weighted by atomic mass is 16.6. The van der Waals surface area contributed by atoms with Crippen molar-refractivity contribution in [2.24, 2.45) is 0 Å². The van der Waals surface area contributed by atoms with Crippen molar-refractivity contribution in [1.82, 2.24) is 14.9 Å². The molecule has 0 aliphatic rings. The molecule has 20 heavy (non-hydrogen) atoms. The van der Waals surface area contributed by atoms with Gasteiger partial charge < -0.3 is 25.3 Å². The second-order valence-corrected chi connectivity index (χ2v) is 4.02. The third-order valence-corrected chi connectivity index (χ3v) is 2.65. The van der Waals surface area contributed by atoms with Gasteiger partial charge >= 0.3 is 11.8 Å². The van der Waals surface area contributed by atoms with E-state index in [1.54, 1.807) is 16.7 Å². The molecule has 0 aliphatic carbocycles. The van der Waals surface area contributed by atoms with Gasteiger partial charge in [-0.2, -0.15) is 0 Å². The van der Waals surface area contributed by atoms with Crippen molar-refractivity contribution in [3.05, 3.63) is 52.5 Å². The third kappa shape index (κ3) is 3.10. The van der Waals surface area contributed by atoms with Gasteiger partial charge in [-0.3, -0.25) is 0 Å². The summed E-state index contributed by atoms with van der Waals surface area (Å²) in [5.41, 5.74) is 1.46. The molecule has 0 radical (unpaired) electrons. The number of anilines is 1. The summed E-state index contributed by atoms with van der Waals surface area (Å²) in [6, 6.07) is 6.89. The maximum absolute atomic E-state index is 11.3. The normalized spacial score (nSPS) is 10.1. The molecule has 1 aromatic carbocycles. The topological polar surface area (TPSA) is 102 Å². The van der Waals surface area contributed by atoms with E-state index < -0.39 is 4.92 Å². The van der Waals surface area contributed by atoms with Gasteiger partial charge in [-0.25, -0.2) is 4.79 Å². The molecule has 0 saturated carbocycles. The van der Waals surface area contributed by atoms with Gasteiger partial charge in [-0.1, -0.05) is 18.2 Å². The van der Waals surface area contributed by atoms with Crippen LogP contribution in [-0.4, -0.2) is 27.6 Å². The van der Waals surface area contributed by atoms with E-state index in [0.29, 0.717) is 12.2 Å². The van der Waals surface area contributed by atoms with Crippen LogP contribution in [0.1, 0.15) is 5.56 Å². The lowest BCUT2D eigenvalue weighted by Gasteiger charge is -2.10. The van der Waals surface area contributed by atoms with Gasteiger partial charge in [0.2, 0.25) is 6.33 Å². The number of urea groups is 1. The molecule has 0 spiro atoms. The maximum atomic E-state index is 11.3. The molecule has 0 fully saturated rings. The fourth-order valence-electron chi connectivity index (χ4n) is 1.69. The smallest absolute Gasteiger partial charge is 0.358 e. The van der Waals surface area contributed by atoms with Crippen LogP contribution in [0.25, 0.3) is 0 Å². The molecule has 0 atom stereocenters. The van der Waals surface area contributed by atoms with Gasteiger partial charge in [0, 0.05) is 12.7 Å². The van der Waals surface area contributed by atoms with Gasteiger partial charge in [-0.15, -0.1) is 0 Å². The second kappa shape index (κ2) is 5.83. The van der Waals surface area contributed by atoms with Crippen LogP contribution in [0, 0.1) is 10.1 Å². The van der Waals surface area contributed by atoms with Crippen LogP contribution in [-0.2, 0) is 6.54 Å². The zero-order valence-corrected chi connectivity index (χ0v) is 10.7. The van der Waals surface area contributed by atoms with Gasteiger partial charge in [-0.05, 0) is 21.5 Å². The first-order valence-electron chi connectivity index (χ1n) is 5.83. The van der Waals surface area contributed by atoms with Crippen molar-refractivity contribution in [3.8, 4) is 0 Å². The molecule has 2 N–H and O–H groups in total. The lowest BCUT2D eigenvalue weighted by Crippen LogP contribution is -2.25. The Labute approximate surface area is 114 Å². The Morgan fingerprint density at radius 3 is 2.85 bits per heavy atom. The molecule has 1 heterocycles. The third-order valence-electron chi connectivity index (χ3n) is 2.65. The van der Waals surface area contributed by atoms with Crippen molar-refractivity contribution in [3.63, 3.8) is 0 Å². The average Bonchev–Trinajstić information content (AvgIpc) is 2.89. The van der Waals surface area contributed by atoms with E-state index in [2.05, 4.69) is 15.6 Å². The number of nitro groups is 1. The molecule has 8 heteroatoms. The molecule has 0 unspecified atom stereocenters. The first-order valence-corrected chi connectivity index (χ1v) is 5.83. The van der Waals surface area contributed by atoms with Crippen molar-refractivity contribution >= 4 is 17.5 Å². The fraction of sp³-hybridized carbons (Fsp3) is 0.167. The minimum Gasteiger partial charge on any atom is -0.358 e. The number of rotatable bonds is 4. The zero-order valence-electron chi connectivity index (χ0n) is 10.7. The molecule has 0 bridgehead atoms. The van der Waals surface area contributed by atoms with E-state index >= 15 is 0 Å². The van der Waals surface area contributed by atoms with Crippen molar-refractivity contribution < 1.29 is 9.72 Å². The summed E-state index contributed by atoms with van der Waals surface area (Å²) < 4.78 is 1.59. The molecule has 104 valence electrons. The number of benzene rings is 1. The first kappa shape index (κ1) is 13.5. The number of nitrogens with one attached hydrogen (secondary N) is 2. The van der Waals surface area contributed by atoms with Gasteiger partial charge in [0.05, 0.1) is 6.54 Å². The summed E-state index contributed by atoms with van der Waals surface area (Å²) in [4.78, 5) is 25.1. The van der Waals surface area contributed by atoms with Crippen molar-refractivity contribution in [1.29, 1.82) is 0 Å². The van der Waals surface area contributed by atoms with Crippen LogP contribution in [0.5, 0.6) is 0 Å². The van der Waals surface area contributed by atoms with E-state index in [9.17, 15) is 14.9 Å². The number of nitrogens with zero attached hydrogens (tertiary/aromatic N) is 3. The number of hydrogen-bond donors (Lipinski definition) is 2. The Hall–Kier alpha value is -2.90. The SMILES string of the molecule is CNC(=O)Nc1ccccc1Cn1cnc([N+](=O)[O-])c1. The lowest BCUT2D eigenvalue weighted by molar-refractivity contribution is -0.389. The summed E-state index contributed by atoms with van der Waals surface area (Å²) in [6.07, 6.45) is 2.73. The monoisotopic (exact) mass is 275 g/mol. The minimum absolute atomic E-state index is 0.207. The number of carbonyl (C=O) groups excluding carboxylic acids is 1. The Morgan fingerprint density at radius 2 is 2.20 bits per heavy atom. The van der Waals surface area contributed by atoms with E-state index in [1.807, 2.05) is 12.1 Å². The summed E-state index contributed by atoms with van der Waals surface area (Å²) in [5.74, 6) is -0.207. The second-order valence-electron chi connectivity index (χ2n) is 4.02. The Morgan fingerprint density at radius 1 is 1.45 bits per heavy atom. The van der Waals surface area contributed by atoms with Gasteiger partial charge in [0.15, 0.2) is 0 Å². The molecular formula is C12H13N5O3. The predicted molar refractivity (Wildman–Crippen MR) is 72.5 cm³/mol. The summed E-state index contributed by atoms with van der Waals surface area (Å²) in [6.45, 7) is 0.376. The van der Waals surface area contributed by atoms with E-state index in [0.717, 1.165) is 5.56 Å². The number of carbonyl (C=O) groups is 1. The molecule has 2 amide bonds. The largest absolute Gasteiger partial charge is 0.381 e. The lowest BCUT2D eigenvalue weighted by atomic mass is 10.2. The van der Waals surface area contributed by atoms with Crippen LogP contribution in [0.2, 0.25) is 0 Å². The standard InChI is InChI=1S/C12H13N5O3/c1-13-12(18)15-10-5-3-2-4-9(10)6-16-7-11(14-8-16)17(19)20/h2-5,7-8H,6H2,1H3,(H2,13,15,18). The quantitative estimate of drug-likeness (QED) is 0.653. The molecular weight excluding hydrogens is 262 g/mol. The fourth-order valence-corrected chi connectivity index (χ4v) is 1.69. The van der Waals surface area contributed by atoms with Crippen LogP contribution in [0.3, 0.4) is 0 Å². The van der Waals surface area contributed by atoms with Crippen LogP contribution in [0.15, 0.2) is 36.8 Å². The van der Waals surface area contributed by atoms with Crippen molar-refractivity contribution in [2.75, 3.05) is 12.4 Å². The van der Waals surface area contributed by atoms with E-state index in [4.69, 9.17) is 0 Å². The van der Waals surface area contributed by atoms with Crippen LogP contribution < -0.4 is 10.6 Å². The number of imidazole rings is 1. The van der Waals surface area contributed by atoms with Gasteiger partial charge in [0.25, 0.3) is 0 Å². The summed E-state index contributed by atoms with van der Waals surface area (Å²) >= 11 is 0. The van der Waals surface area contributed by atoms with Crippen LogP contribution in [0.4, 0.5) is 16.3 Å². The number of aromatic nitrogens is 2. The van der Waals surface area contributed by atoms with Crippen LogP contribution >= 0.6 is 0 Å². The van der Waals surface area contributed by atoms with E-state index in [-0.39, 0.29) is 11.8 Å².